The van der Waals surface area contributed by atoms with Crippen molar-refractivity contribution in [1.29, 1.82) is 0 Å². The standard InChI is InChI=1S/C23H24N2O4/c1-5-25(6-2)15-7-8-16-14(10-15)9-12(3)18-20-17(23(28)29-21(16)18)11-24-22(27)19(20)13(4)26/h7-8,10-12,19H,5-6,9H2,1-4H3. The van der Waals surface area contributed by atoms with Crippen LogP contribution in [0.25, 0.3) is 11.3 Å². The molecule has 6 heteroatoms. The number of Topliss-reactive ketones (excluding diaryl/α,β-unsaturated/α-hetero) is 1. The van der Waals surface area contributed by atoms with Crippen molar-refractivity contribution < 1.29 is 14.0 Å². The van der Waals surface area contributed by atoms with Gasteiger partial charge in [-0.25, -0.2) is 9.79 Å². The topological polar surface area (TPSA) is 80.0 Å². The molecule has 1 aliphatic carbocycles. The minimum Gasteiger partial charge on any atom is -0.422 e. The monoisotopic (exact) mass is 392 g/mol. The van der Waals surface area contributed by atoms with Gasteiger partial charge < -0.3 is 9.32 Å². The van der Waals surface area contributed by atoms with Crippen LogP contribution < -0.4 is 10.5 Å². The molecule has 4 rings (SSSR count). The number of amides is 1. The Morgan fingerprint density at radius 3 is 2.59 bits per heavy atom. The molecular weight excluding hydrogens is 368 g/mol. The number of carbonyl (C=O) groups is 2. The summed E-state index contributed by atoms with van der Waals surface area (Å²) in [5.74, 6) is -1.39. The number of rotatable bonds is 4. The van der Waals surface area contributed by atoms with Crippen molar-refractivity contribution in [3.63, 3.8) is 0 Å². The lowest BCUT2D eigenvalue weighted by atomic mass is 9.75. The zero-order valence-corrected chi connectivity index (χ0v) is 17.1. The van der Waals surface area contributed by atoms with Crippen LogP contribution in [0.5, 0.6) is 0 Å². The molecule has 1 aromatic carbocycles. The number of carbonyl (C=O) groups excluding carboxylic acids is 2. The molecule has 0 bridgehead atoms. The molecule has 2 aromatic rings. The Hall–Kier alpha value is -3.02. The second kappa shape index (κ2) is 7.10. The van der Waals surface area contributed by atoms with Crippen molar-refractivity contribution in [1.82, 2.24) is 0 Å². The molecule has 29 heavy (non-hydrogen) atoms. The number of anilines is 1. The third kappa shape index (κ3) is 2.94. The molecule has 0 fully saturated rings. The first kappa shape index (κ1) is 19.3. The van der Waals surface area contributed by atoms with Crippen LogP contribution in [0.1, 0.15) is 61.8 Å². The third-order valence-electron chi connectivity index (χ3n) is 5.98. The molecule has 150 valence electrons. The van der Waals surface area contributed by atoms with E-state index in [-0.39, 0.29) is 17.3 Å². The van der Waals surface area contributed by atoms with Crippen LogP contribution in [0.15, 0.2) is 32.4 Å². The molecule has 0 saturated heterocycles. The summed E-state index contributed by atoms with van der Waals surface area (Å²) in [7, 11) is 0. The highest BCUT2D eigenvalue weighted by Gasteiger charge is 2.39. The Balaban J connectivity index is 1.97. The van der Waals surface area contributed by atoms with Gasteiger partial charge >= 0.3 is 5.63 Å². The summed E-state index contributed by atoms with van der Waals surface area (Å²) >= 11 is 0. The average molecular weight is 392 g/mol. The maximum Gasteiger partial charge on any atom is 0.345 e. The summed E-state index contributed by atoms with van der Waals surface area (Å²) in [5, 5.41) is 0. The largest absolute Gasteiger partial charge is 0.422 e. The van der Waals surface area contributed by atoms with Gasteiger partial charge in [0.2, 0.25) is 0 Å². The van der Waals surface area contributed by atoms with Crippen molar-refractivity contribution in [2.45, 2.75) is 46.0 Å². The minimum atomic E-state index is -1.04. The number of aliphatic imine (C=N–C) groups is 1. The fourth-order valence-electron chi connectivity index (χ4n) is 4.59. The van der Waals surface area contributed by atoms with E-state index in [1.165, 1.54) is 13.1 Å². The lowest BCUT2D eigenvalue weighted by Gasteiger charge is -2.31. The van der Waals surface area contributed by atoms with E-state index in [2.05, 4.69) is 29.8 Å². The van der Waals surface area contributed by atoms with E-state index in [9.17, 15) is 14.4 Å². The first-order chi connectivity index (χ1) is 13.9. The zero-order chi connectivity index (χ0) is 20.9. The summed E-state index contributed by atoms with van der Waals surface area (Å²) in [6.45, 7) is 9.46. The minimum absolute atomic E-state index is 0.00343. The van der Waals surface area contributed by atoms with Crippen LogP contribution in [0.3, 0.4) is 0 Å². The highest BCUT2D eigenvalue weighted by molar-refractivity contribution is 6.13. The molecule has 2 heterocycles. The number of ketones is 1. The predicted octanol–water partition coefficient (Wildman–Crippen LogP) is 3.44. The quantitative estimate of drug-likeness (QED) is 0.745. The average Bonchev–Trinajstić information content (AvgIpc) is 2.68. The molecule has 1 aromatic heterocycles. The van der Waals surface area contributed by atoms with Crippen LogP contribution in [0, 0.1) is 0 Å². The Labute approximate surface area is 169 Å². The van der Waals surface area contributed by atoms with Gasteiger partial charge in [-0.15, -0.1) is 0 Å². The molecule has 0 spiro atoms. The highest BCUT2D eigenvalue weighted by Crippen LogP contribution is 2.45. The summed E-state index contributed by atoms with van der Waals surface area (Å²) < 4.78 is 5.73. The van der Waals surface area contributed by atoms with Crippen molar-refractivity contribution >= 4 is 23.6 Å². The van der Waals surface area contributed by atoms with Crippen molar-refractivity contribution in [2.75, 3.05) is 18.0 Å². The summed E-state index contributed by atoms with van der Waals surface area (Å²) in [6, 6.07) is 6.15. The van der Waals surface area contributed by atoms with Gasteiger partial charge in [0.05, 0.1) is 5.56 Å². The van der Waals surface area contributed by atoms with Crippen molar-refractivity contribution in [3.05, 3.63) is 50.9 Å². The van der Waals surface area contributed by atoms with Crippen LogP contribution >= 0.6 is 0 Å². The van der Waals surface area contributed by atoms with E-state index in [1.807, 2.05) is 19.1 Å². The number of hydrogen-bond acceptors (Lipinski definition) is 5. The molecule has 1 amide bonds. The van der Waals surface area contributed by atoms with Gasteiger partial charge in [0.15, 0.2) is 0 Å². The summed E-state index contributed by atoms with van der Waals surface area (Å²) in [6.07, 6.45) is 1.99. The van der Waals surface area contributed by atoms with E-state index in [0.717, 1.165) is 41.9 Å². The lowest BCUT2D eigenvalue weighted by molar-refractivity contribution is -0.127. The van der Waals surface area contributed by atoms with E-state index >= 15 is 0 Å². The van der Waals surface area contributed by atoms with Gasteiger partial charge in [-0.05, 0) is 62.4 Å². The zero-order valence-electron chi connectivity index (χ0n) is 17.1. The Morgan fingerprint density at radius 2 is 1.93 bits per heavy atom. The summed E-state index contributed by atoms with van der Waals surface area (Å²) in [4.78, 5) is 43.4. The smallest absolute Gasteiger partial charge is 0.345 e. The second-order valence-electron chi connectivity index (χ2n) is 7.72. The summed E-state index contributed by atoms with van der Waals surface area (Å²) in [5.41, 5.74) is 4.01. The molecule has 0 radical (unpaired) electrons. The van der Waals surface area contributed by atoms with Gasteiger partial charge in [0, 0.05) is 36.1 Å². The maximum atomic E-state index is 12.7. The number of fused-ring (bicyclic) bond motifs is 5. The number of hydrogen-bond donors (Lipinski definition) is 0. The molecular formula is C23H24N2O4. The Morgan fingerprint density at radius 1 is 1.21 bits per heavy atom. The van der Waals surface area contributed by atoms with Gasteiger partial charge in [0.25, 0.3) is 5.91 Å². The normalized spacial score (nSPS) is 19.4. The predicted molar refractivity (Wildman–Crippen MR) is 112 cm³/mol. The van der Waals surface area contributed by atoms with Crippen LogP contribution in [0.4, 0.5) is 5.69 Å². The highest BCUT2D eigenvalue weighted by atomic mass is 16.4. The van der Waals surface area contributed by atoms with Crippen LogP contribution in [-0.4, -0.2) is 31.0 Å². The number of benzene rings is 1. The van der Waals surface area contributed by atoms with E-state index in [4.69, 9.17) is 4.42 Å². The van der Waals surface area contributed by atoms with Crippen LogP contribution in [0.2, 0.25) is 0 Å². The van der Waals surface area contributed by atoms with E-state index < -0.39 is 17.5 Å². The Bertz CT molecular complexity index is 1110. The van der Waals surface area contributed by atoms with Crippen molar-refractivity contribution in [2.24, 2.45) is 4.99 Å². The van der Waals surface area contributed by atoms with E-state index in [0.29, 0.717) is 11.3 Å². The van der Waals surface area contributed by atoms with Gasteiger partial charge in [-0.1, -0.05) is 6.92 Å². The maximum absolute atomic E-state index is 12.7. The first-order valence-corrected chi connectivity index (χ1v) is 10.0. The molecule has 0 saturated carbocycles. The molecule has 1 aliphatic heterocycles. The van der Waals surface area contributed by atoms with Crippen LogP contribution in [-0.2, 0) is 16.0 Å². The van der Waals surface area contributed by atoms with E-state index in [1.54, 1.807) is 0 Å². The molecule has 2 aliphatic rings. The fourth-order valence-corrected chi connectivity index (χ4v) is 4.59. The lowest BCUT2D eigenvalue weighted by Crippen LogP contribution is -2.31. The SMILES string of the molecule is CCN(CC)c1ccc2c(c1)CC(C)c1c-2oc(=O)c2c1C(C(C)=O)C(=O)N=C2. The second-order valence-corrected chi connectivity index (χ2v) is 7.72. The molecule has 0 N–H and O–H groups in total. The van der Waals surface area contributed by atoms with Gasteiger partial charge in [-0.3, -0.25) is 9.59 Å². The van der Waals surface area contributed by atoms with Crippen molar-refractivity contribution in [3.8, 4) is 11.3 Å². The molecule has 6 nitrogen and oxygen atoms in total. The molecule has 2 atom stereocenters. The van der Waals surface area contributed by atoms with Gasteiger partial charge in [0.1, 0.15) is 17.5 Å². The third-order valence-corrected chi connectivity index (χ3v) is 5.98. The number of nitrogens with zero attached hydrogens (tertiary/aromatic N) is 2. The first-order valence-electron chi connectivity index (χ1n) is 10.0. The Kier molecular flexibility index (Phi) is 4.73. The fraction of sp³-hybridized carbons (Fsp3) is 0.391. The van der Waals surface area contributed by atoms with Gasteiger partial charge in [-0.2, -0.15) is 0 Å². The molecule has 2 unspecified atom stereocenters.